The van der Waals surface area contributed by atoms with Gasteiger partial charge in [0.05, 0.1) is 23.0 Å². The van der Waals surface area contributed by atoms with E-state index in [1.54, 1.807) is 17.7 Å². The lowest BCUT2D eigenvalue weighted by atomic mass is 10.3. The van der Waals surface area contributed by atoms with Gasteiger partial charge in [0.15, 0.2) is 0 Å². The fraction of sp³-hybridized carbons (Fsp3) is 0.316. The van der Waals surface area contributed by atoms with Gasteiger partial charge in [0.1, 0.15) is 22.8 Å². The summed E-state index contributed by atoms with van der Waals surface area (Å²) < 4.78 is 2.39. The number of anilines is 1. The highest BCUT2D eigenvalue weighted by Crippen LogP contribution is 2.39. The van der Waals surface area contributed by atoms with Crippen molar-refractivity contribution in [3.8, 4) is 0 Å². The maximum absolute atomic E-state index is 4.85. The molecule has 1 aliphatic carbocycles. The molecule has 5 rings (SSSR count). The molecule has 1 aliphatic rings. The molecule has 3 aromatic heterocycles. The maximum atomic E-state index is 4.85. The number of rotatable bonds is 5. The molecule has 0 bridgehead atoms. The Kier molecular flexibility index (Phi) is 3.45. The van der Waals surface area contributed by atoms with Crippen LogP contribution in [0.15, 0.2) is 36.7 Å². The first-order chi connectivity index (χ1) is 12.3. The summed E-state index contributed by atoms with van der Waals surface area (Å²) in [6.07, 6.45) is 5.16. The van der Waals surface area contributed by atoms with Gasteiger partial charge < -0.3 is 9.88 Å². The normalized spacial score (nSPS) is 14.4. The van der Waals surface area contributed by atoms with Gasteiger partial charge >= 0.3 is 0 Å². The monoisotopic (exact) mass is 349 g/mol. The summed E-state index contributed by atoms with van der Waals surface area (Å²) in [5.41, 5.74) is 2.31. The van der Waals surface area contributed by atoms with Gasteiger partial charge in [0, 0.05) is 10.9 Å². The standard InChI is InChI=1S/C19H19N5S/c1-2-13-9-14-18(21-11-22-19(14)25-13)20-10-17-23-15-5-3-4-6-16(15)24(17)12-7-8-12/h3-6,9,11-12H,2,7-8,10H2,1H3,(H,20,21,22). The molecule has 0 atom stereocenters. The smallest absolute Gasteiger partial charge is 0.138 e. The van der Waals surface area contributed by atoms with Crippen LogP contribution in [0.2, 0.25) is 0 Å². The quantitative estimate of drug-likeness (QED) is 0.574. The van der Waals surface area contributed by atoms with Crippen molar-refractivity contribution >= 4 is 38.4 Å². The predicted molar refractivity (Wildman–Crippen MR) is 102 cm³/mol. The summed E-state index contributed by atoms with van der Waals surface area (Å²) in [6.45, 7) is 2.85. The van der Waals surface area contributed by atoms with Crippen LogP contribution >= 0.6 is 11.3 Å². The highest BCUT2D eigenvalue weighted by Gasteiger charge is 2.28. The number of fused-ring (bicyclic) bond motifs is 2. The lowest BCUT2D eigenvalue weighted by Gasteiger charge is -2.09. The molecule has 0 unspecified atom stereocenters. The number of benzene rings is 1. The van der Waals surface area contributed by atoms with E-state index in [1.165, 1.54) is 23.2 Å². The second kappa shape index (κ2) is 5.81. The van der Waals surface area contributed by atoms with Crippen molar-refractivity contribution in [2.24, 2.45) is 0 Å². The lowest BCUT2D eigenvalue weighted by Crippen LogP contribution is -2.09. The summed E-state index contributed by atoms with van der Waals surface area (Å²) in [5, 5.41) is 4.61. The number of hydrogen-bond donors (Lipinski definition) is 1. The molecule has 126 valence electrons. The zero-order valence-electron chi connectivity index (χ0n) is 14.1. The third kappa shape index (κ3) is 2.57. The molecule has 0 aliphatic heterocycles. The first-order valence-corrected chi connectivity index (χ1v) is 9.58. The van der Waals surface area contributed by atoms with Gasteiger partial charge in [-0.2, -0.15) is 0 Å². The highest BCUT2D eigenvalue weighted by molar-refractivity contribution is 7.18. The first kappa shape index (κ1) is 14.8. The summed E-state index contributed by atoms with van der Waals surface area (Å²) in [7, 11) is 0. The summed E-state index contributed by atoms with van der Waals surface area (Å²) in [5.74, 6) is 1.98. The molecule has 0 radical (unpaired) electrons. The predicted octanol–water partition coefficient (Wildman–Crippen LogP) is 4.55. The fourth-order valence-corrected chi connectivity index (χ4v) is 4.28. The van der Waals surface area contributed by atoms with Crippen LogP contribution in [0.5, 0.6) is 0 Å². The molecule has 1 fully saturated rings. The molecule has 5 nitrogen and oxygen atoms in total. The number of aryl methyl sites for hydroxylation is 1. The number of nitrogens with one attached hydrogen (secondary N) is 1. The van der Waals surface area contributed by atoms with E-state index in [1.807, 2.05) is 0 Å². The molecule has 25 heavy (non-hydrogen) atoms. The van der Waals surface area contributed by atoms with E-state index in [0.717, 1.165) is 33.8 Å². The molecule has 4 aromatic rings. The lowest BCUT2D eigenvalue weighted by molar-refractivity contribution is 0.711. The number of aromatic nitrogens is 4. The van der Waals surface area contributed by atoms with Gasteiger partial charge in [-0.1, -0.05) is 19.1 Å². The summed E-state index contributed by atoms with van der Waals surface area (Å²) in [6, 6.07) is 11.2. The van der Waals surface area contributed by atoms with E-state index < -0.39 is 0 Å². The van der Waals surface area contributed by atoms with Crippen molar-refractivity contribution in [1.29, 1.82) is 0 Å². The molecule has 1 aromatic carbocycles. The summed E-state index contributed by atoms with van der Waals surface area (Å²) in [4.78, 5) is 16.1. The zero-order chi connectivity index (χ0) is 16.8. The van der Waals surface area contributed by atoms with E-state index in [4.69, 9.17) is 4.98 Å². The molecule has 0 saturated heterocycles. The molecular formula is C19H19N5S. The Hall–Kier alpha value is -2.47. The van der Waals surface area contributed by atoms with Crippen molar-refractivity contribution in [2.75, 3.05) is 5.32 Å². The van der Waals surface area contributed by atoms with E-state index >= 15 is 0 Å². The van der Waals surface area contributed by atoms with E-state index in [0.29, 0.717) is 12.6 Å². The minimum absolute atomic E-state index is 0.599. The van der Waals surface area contributed by atoms with Crippen LogP contribution in [0.3, 0.4) is 0 Å². The first-order valence-electron chi connectivity index (χ1n) is 8.76. The average Bonchev–Trinajstić information content (AvgIpc) is 3.27. The minimum Gasteiger partial charge on any atom is -0.362 e. The topological polar surface area (TPSA) is 55.6 Å². The van der Waals surface area contributed by atoms with E-state index in [9.17, 15) is 0 Å². The van der Waals surface area contributed by atoms with Gasteiger partial charge in [0.2, 0.25) is 0 Å². The number of hydrogen-bond acceptors (Lipinski definition) is 5. The minimum atomic E-state index is 0.599. The Morgan fingerprint density at radius 1 is 1.24 bits per heavy atom. The second-order valence-electron chi connectivity index (χ2n) is 6.48. The second-order valence-corrected chi connectivity index (χ2v) is 7.59. The number of thiophene rings is 1. The van der Waals surface area contributed by atoms with E-state index in [2.05, 4.69) is 57.1 Å². The molecule has 0 spiro atoms. The van der Waals surface area contributed by atoms with Gasteiger partial charge in [-0.05, 0) is 37.5 Å². The molecule has 6 heteroatoms. The Morgan fingerprint density at radius 3 is 2.96 bits per heavy atom. The van der Waals surface area contributed by atoms with Crippen LogP contribution in [-0.2, 0) is 13.0 Å². The maximum Gasteiger partial charge on any atom is 0.138 e. The summed E-state index contributed by atoms with van der Waals surface area (Å²) >= 11 is 1.74. The van der Waals surface area contributed by atoms with Crippen molar-refractivity contribution < 1.29 is 0 Å². The number of nitrogens with zero attached hydrogens (tertiary/aromatic N) is 4. The Morgan fingerprint density at radius 2 is 2.12 bits per heavy atom. The van der Waals surface area contributed by atoms with Crippen molar-refractivity contribution in [3.63, 3.8) is 0 Å². The zero-order valence-corrected chi connectivity index (χ0v) is 14.9. The molecule has 1 N–H and O–H groups in total. The molecule has 0 amide bonds. The number of imidazole rings is 1. The van der Waals surface area contributed by atoms with Crippen molar-refractivity contribution in [2.45, 2.75) is 38.8 Å². The largest absolute Gasteiger partial charge is 0.362 e. The van der Waals surface area contributed by atoms with Crippen LogP contribution < -0.4 is 5.32 Å². The van der Waals surface area contributed by atoms with Gasteiger partial charge in [0.25, 0.3) is 0 Å². The number of para-hydroxylation sites is 2. The highest BCUT2D eigenvalue weighted by atomic mass is 32.1. The Bertz CT molecular complexity index is 1060. The van der Waals surface area contributed by atoms with Crippen molar-refractivity contribution in [1.82, 2.24) is 19.5 Å². The average molecular weight is 349 g/mol. The Balaban J connectivity index is 1.50. The van der Waals surface area contributed by atoms with E-state index in [-0.39, 0.29) is 0 Å². The van der Waals surface area contributed by atoms with Crippen molar-refractivity contribution in [3.05, 3.63) is 47.4 Å². The Labute approximate surface area is 149 Å². The van der Waals surface area contributed by atoms with Gasteiger partial charge in [-0.15, -0.1) is 11.3 Å². The van der Waals surface area contributed by atoms with Crippen LogP contribution in [0.1, 0.15) is 36.5 Å². The van der Waals surface area contributed by atoms with Crippen LogP contribution in [0.4, 0.5) is 5.82 Å². The SMILES string of the molecule is CCc1cc2c(NCc3nc4ccccc4n3C3CC3)ncnc2s1. The molecule has 3 heterocycles. The fourth-order valence-electron chi connectivity index (χ4n) is 3.34. The van der Waals surface area contributed by atoms with Crippen LogP contribution in [-0.4, -0.2) is 19.5 Å². The van der Waals surface area contributed by atoms with Gasteiger partial charge in [-0.3, -0.25) is 0 Å². The molecular weight excluding hydrogens is 330 g/mol. The van der Waals surface area contributed by atoms with Crippen LogP contribution in [0.25, 0.3) is 21.3 Å². The third-order valence-electron chi connectivity index (χ3n) is 4.72. The van der Waals surface area contributed by atoms with Crippen LogP contribution in [0, 0.1) is 0 Å². The third-order valence-corrected chi connectivity index (χ3v) is 5.91. The molecule has 1 saturated carbocycles. The van der Waals surface area contributed by atoms with Gasteiger partial charge in [-0.25, -0.2) is 15.0 Å².